The minimum atomic E-state index is 0.182. The molecule has 2 aromatic rings. The maximum Gasteiger partial charge on any atom is 0.122 e. The first kappa shape index (κ1) is 16.2. The Morgan fingerprint density at radius 1 is 1.10 bits per heavy atom. The topological polar surface area (TPSA) is 35.2 Å². The molecule has 0 amide bonds. The molecular formula is C17H19Cl2NO. The summed E-state index contributed by atoms with van der Waals surface area (Å²) >= 11 is 12.1. The number of para-hydroxylation sites is 1. The summed E-state index contributed by atoms with van der Waals surface area (Å²) in [7, 11) is 0. The van der Waals surface area contributed by atoms with E-state index in [1.54, 1.807) is 0 Å². The van der Waals surface area contributed by atoms with Crippen LogP contribution >= 0.6 is 23.2 Å². The van der Waals surface area contributed by atoms with E-state index in [4.69, 9.17) is 33.7 Å². The lowest BCUT2D eigenvalue weighted by atomic mass is 9.91. The molecule has 0 saturated carbocycles. The van der Waals surface area contributed by atoms with Gasteiger partial charge in [-0.25, -0.2) is 0 Å². The summed E-state index contributed by atoms with van der Waals surface area (Å²) in [6.07, 6.45) is 0.810. The molecule has 4 heteroatoms. The lowest BCUT2D eigenvalue weighted by Gasteiger charge is -2.18. The van der Waals surface area contributed by atoms with Crippen molar-refractivity contribution < 1.29 is 4.74 Å². The lowest BCUT2D eigenvalue weighted by molar-refractivity contribution is 0.335. The summed E-state index contributed by atoms with van der Waals surface area (Å²) in [5.41, 5.74) is 8.20. The standard InChI is InChI=1S/C17H19Cl2NO/c1-2-21-17-6-4-3-5-13(17)9-14(11-20)12-7-8-15(18)16(19)10-12/h3-8,10,14H,2,9,11,20H2,1H3. The molecule has 1 unspecified atom stereocenters. The molecule has 0 heterocycles. The molecule has 21 heavy (non-hydrogen) atoms. The van der Waals surface area contributed by atoms with Gasteiger partial charge in [0, 0.05) is 5.92 Å². The Hall–Kier alpha value is -1.22. The highest BCUT2D eigenvalue weighted by Gasteiger charge is 2.14. The normalized spacial score (nSPS) is 12.2. The van der Waals surface area contributed by atoms with Crippen molar-refractivity contribution in [3.05, 3.63) is 63.6 Å². The van der Waals surface area contributed by atoms with Crippen LogP contribution in [0.1, 0.15) is 24.0 Å². The maximum absolute atomic E-state index is 6.10. The Kier molecular flexibility index (Phi) is 5.92. The highest BCUT2D eigenvalue weighted by molar-refractivity contribution is 6.42. The summed E-state index contributed by atoms with van der Waals surface area (Å²) in [4.78, 5) is 0. The average Bonchev–Trinajstić information content (AvgIpc) is 2.49. The molecule has 0 bridgehead atoms. The van der Waals surface area contributed by atoms with Crippen LogP contribution < -0.4 is 10.5 Å². The number of rotatable bonds is 6. The van der Waals surface area contributed by atoms with Gasteiger partial charge in [0.2, 0.25) is 0 Å². The molecule has 2 N–H and O–H groups in total. The van der Waals surface area contributed by atoms with Crippen molar-refractivity contribution >= 4 is 23.2 Å². The molecule has 0 saturated heterocycles. The van der Waals surface area contributed by atoms with Crippen molar-refractivity contribution in [2.24, 2.45) is 5.73 Å². The predicted octanol–water partition coefficient (Wildman–Crippen LogP) is 4.68. The Labute approximate surface area is 135 Å². The second-order valence-corrected chi connectivity index (χ2v) is 5.67. The van der Waals surface area contributed by atoms with Crippen molar-refractivity contribution in [2.45, 2.75) is 19.3 Å². The van der Waals surface area contributed by atoms with E-state index in [9.17, 15) is 0 Å². The van der Waals surface area contributed by atoms with Crippen LogP contribution in [0.15, 0.2) is 42.5 Å². The van der Waals surface area contributed by atoms with E-state index in [1.807, 2.05) is 43.3 Å². The summed E-state index contributed by atoms with van der Waals surface area (Å²) in [5, 5.41) is 1.12. The molecule has 1 atom stereocenters. The van der Waals surface area contributed by atoms with Crippen LogP contribution in [0.2, 0.25) is 10.0 Å². The number of hydrogen-bond donors (Lipinski definition) is 1. The van der Waals surface area contributed by atoms with E-state index < -0.39 is 0 Å². The minimum Gasteiger partial charge on any atom is -0.494 e. The fourth-order valence-corrected chi connectivity index (χ4v) is 2.64. The molecule has 0 spiro atoms. The van der Waals surface area contributed by atoms with Gasteiger partial charge < -0.3 is 10.5 Å². The van der Waals surface area contributed by atoms with Crippen molar-refractivity contribution in [2.75, 3.05) is 13.2 Å². The lowest BCUT2D eigenvalue weighted by Crippen LogP contribution is -2.15. The number of hydrogen-bond acceptors (Lipinski definition) is 2. The van der Waals surface area contributed by atoms with Crippen LogP contribution in [-0.2, 0) is 6.42 Å². The largest absolute Gasteiger partial charge is 0.494 e. The van der Waals surface area contributed by atoms with E-state index in [1.165, 1.54) is 0 Å². The van der Waals surface area contributed by atoms with Gasteiger partial charge in [-0.3, -0.25) is 0 Å². The third-order valence-corrected chi connectivity index (χ3v) is 4.18. The fraction of sp³-hybridized carbons (Fsp3) is 0.294. The first-order valence-corrected chi connectivity index (χ1v) is 7.77. The molecule has 0 aliphatic rings. The van der Waals surface area contributed by atoms with Crippen LogP contribution in [0.25, 0.3) is 0 Å². The Morgan fingerprint density at radius 2 is 1.86 bits per heavy atom. The third-order valence-electron chi connectivity index (χ3n) is 3.44. The summed E-state index contributed by atoms with van der Waals surface area (Å²) < 4.78 is 5.67. The number of halogens is 2. The van der Waals surface area contributed by atoms with Crippen molar-refractivity contribution in [1.82, 2.24) is 0 Å². The molecule has 2 rings (SSSR count). The third kappa shape index (κ3) is 4.13. The van der Waals surface area contributed by atoms with E-state index >= 15 is 0 Å². The van der Waals surface area contributed by atoms with Gasteiger partial charge in [0.25, 0.3) is 0 Å². The van der Waals surface area contributed by atoms with Gasteiger partial charge in [-0.1, -0.05) is 47.5 Å². The van der Waals surface area contributed by atoms with Crippen molar-refractivity contribution in [1.29, 1.82) is 0 Å². The van der Waals surface area contributed by atoms with Crippen LogP contribution in [0, 0.1) is 0 Å². The predicted molar refractivity (Wildman–Crippen MR) is 89.6 cm³/mol. The van der Waals surface area contributed by atoms with Crippen molar-refractivity contribution in [3.8, 4) is 5.75 Å². The van der Waals surface area contributed by atoms with E-state index in [-0.39, 0.29) is 5.92 Å². The number of benzene rings is 2. The first-order valence-electron chi connectivity index (χ1n) is 7.01. The molecule has 0 aliphatic heterocycles. The zero-order valence-electron chi connectivity index (χ0n) is 12.0. The average molecular weight is 324 g/mol. The van der Waals surface area contributed by atoms with E-state index in [2.05, 4.69) is 6.07 Å². The van der Waals surface area contributed by atoms with Gasteiger partial charge in [-0.15, -0.1) is 0 Å². The van der Waals surface area contributed by atoms with Crippen LogP contribution in [0.4, 0.5) is 0 Å². The minimum absolute atomic E-state index is 0.182. The van der Waals surface area contributed by atoms with E-state index in [0.717, 1.165) is 23.3 Å². The molecule has 0 aromatic heterocycles. The zero-order valence-corrected chi connectivity index (χ0v) is 13.5. The van der Waals surface area contributed by atoms with Gasteiger partial charge in [-0.2, -0.15) is 0 Å². The molecule has 0 radical (unpaired) electrons. The van der Waals surface area contributed by atoms with Gasteiger partial charge in [0.05, 0.1) is 16.7 Å². The molecular weight excluding hydrogens is 305 g/mol. The number of ether oxygens (including phenoxy) is 1. The smallest absolute Gasteiger partial charge is 0.122 e. The Morgan fingerprint density at radius 3 is 2.52 bits per heavy atom. The summed E-state index contributed by atoms with van der Waals surface area (Å²) in [6.45, 7) is 3.17. The summed E-state index contributed by atoms with van der Waals surface area (Å²) in [5.74, 6) is 1.10. The SMILES string of the molecule is CCOc1ccccc1CC(CN)c1ccc(Cl)c(Cl)c1. The van der Waals surface area contributed by atoms with Gasteiger partial charge in [0.15, 0.2) is 0 Å². The second-order valence-electron chi connectivity index (χ2n) is 4.85. The van der Waals surface area contributed by atoms with E-state index in [0.29, 0.717) is 23.2 Å². The number of nitrogens with two attached hydrogens (primary N) is 1. The summed E-state index contributed by atoms with van der Waals surface area (Å²) in [6, 6.07) is 13.7. The Balaban J connectivity index is 2.24. The van der Waals surface area contributed by atoms with Crippen LogP contribution in [-0.4, -0.2) is 13.2 Å². The second kappa shape index (κ2) is 7.69. The van der Waals surface area contributed by atoms with Crippen molar-refractivity contribution in [3.63, 3.8) is 0 Å². The molecule has 2 aromatic carbocycles. The monoisotopic (exact) mass is 323 g/mol. The van der Waals surface area contributed by atoms with Gasteiger partial charge in [0.1, 0.15) is 5.75 Å². The van der Waals surface area contributed by atoms with Gasteiger partial charge >= 0.3 is 0 Å². The first-order chi connectivity index (χ1) is 10.2. The van der Waals surface area contributed by atoms with Crippen LogP contribution in [0.3, 0.4) is 0 Å². The quantitative estimate of drug-likeness (QED) is 0.837. The molecule has 0 fully saturated rings. The highest BCUT2D eigenvalue weighted by Crippen LogP contribution is 2.30. The fourth-order valence-electron chi connectivity index (χ4n) is 2.34. The van der Waals surface area contributed by atoms with Crippen LogP contribution in [0.5, 0.6) is 5.75 Å². The molecule has 2 nitrogen and oxygen atoms in total. The Bertz CT molecular complexity index is 601. The van der Waals surface area contributed by atoms with Gasteiger partial charge in [-0.05, 0) is 49.2 Å². The molecule has 112 valence electrons. The zero-order chi connectivity index (χ0) is 15.2. The highest BCUT2D eigenvalue weighted by atomic mass is 35.5. The molecule has 0 aliphatic carbocycles. The maximum atomic E-state index is 6.10.